The molecule has 1 aromatic rings. The first-order chi connectivity index (χ1) is 7.60. The Hall–Kier alpha value is -1.44. The quantitative estimate of drug-likeness (QED) is 0.762. The van der Waals surface area contributed by atoms with Crippen LogP contribution in [0.25, 0.3) is 0 Å². The van der Waals surface area contributed by atoms with Gasteiger partial charge in [0.1, 0.15) is 11.6 Å². The van der Waals surface area contributed by atoms with Gasteiger partial charge >= 0.3 is 0 Å². The highest BCUT2D eigenvalue weighted by Gasteiger charge is 2.19. The molecule has 0 bridgehead atoms. The Morgan fingerprint density at radius 1 is 1.44 bits per heavy atom. The highest BCUT2D eigenvalue weighted by Crippen LogP contribution is 2.20. The minimum absolute atomic E-state index is 0.0629. The van der Waals surface area contributed by atoms with Gasteiger partial charge in [-0.1, -0.05) is 12.0 Å². The minimum Gasteiger partial charge on any atom is -0.329 e. The molecule has 0 spiro atoms. The van der Waals surface area contributed by atoms with E-state index < -0.39 is 17.7 Å². The highest BCUT2D eigenvalue weighted by molar-refractivity contribution is 5.24. The number of benzene rings is 1. The zero-order valence-electron chi connectivity index (χ0n) is 9.00. The summed E-state index contributed by atoms with van der Waals surface area (Å²) >= 11 is 0. The summed E-state index contributed by atoms with van der Waals surface area (Å²) in [6.45, 7) is 1.80. The largest absolute Gasteiger partial charge is 0.329 e. The Morgan fingerprint density at radius 2 is 2.00 bits per heavy atom. The third kappa shape index (κ3) is 2.78. The summed E-state index contributed by atoms with van der Waals surface area (Å²) in [6.07, 6.45) is 5.19. The second-order valence-corrected chi connectivity index (χ2v) is 3.48. The van der Waals surface area contributed by atoms with E-state index in [4.69, 9.17) is 12.2 Å². The lowest BCUT2D eigenvalue weighted by molar-refractivity contribution is 0.459. The molecule has 0 amide bonds. The summed E-state index contributed by atoms with van der Waals surface area (Å²) in [5.74, 6) is 1.19. The first-order valence-electron chi connectivity index (χ1n) is 4.96. The molecule has 0 aliphatic carbocycles. The molecule has 0 saturated carbocycles. The monoisotopic (exact) mass is 224 g/mol. The highest BCUT2D eigenvalue weighted by atomic mass is 19.1. The van der Waals surface area contributed by atoms with Crippen molar-refractivity contribution in [3.63, 3.8) is 0 Å². The van der Waals surface area contributed by atoms with Crippen molar-refractivity contribution in [1.29, 1.82) is 0 Å². The van der Waals surface area contributed by atoms with Gasteiger partial charge in [-0.05, 0) is 19.1 Å². The molecule has 0 aromatic heterocycles. The van der Waals surface area contributed by atoms with Crippen molar-refractivity contribution in [3.8, 4) is 12.3 Å². The Labute approximate surface area is 93.8 Å². The van der Waals surface area contributed by atoms with Crippen LogP contribution in [0.5, 0.6) is 0 Å². The van der Waals surface area contributed by atoms with Crippen LogP contribution >= 0.6 is 0 Å². The van der Waals surface area contributed by atoms with Crippen molar-refractivity contribution in [1.82, 2.24) is 5.32 Å². The van der Waals surface area contributed by atoms with Crippen LogP contribution in [0.2, 0.25) is 0 Å². The molecule has 0 radical (unpaired) electrons. The Balaban J connectivity index is 3.00. The number of halogens is 2. The van der Waals surface area contributed by atoms with Gasteiger partial charge in [0.25, 0.3) is 0 Å². The van der Waals surface area contributed by atoms with E-state index in [1.807, 2.05) is 0 Å². The van der Waals surface area contributed by atoms with E-state index in [2.05, 4.69) is 11.2 Å². The fourth-order valence-electron chi connectivity index (χ4n) is 1.46. The molecule has 86 valence electrons. The average Bonchev–Trinajstić information content (AvgIpc) is 2.27. The molecular formula is C12H14F2N2. The van der Waals surface area contributed by atoms with Crippen molar-refractivity contribution in [2.75, 3.05) is 6.54 Å². The molecule has 0 aliphatic rings. The van der Waals surface area contributed by atoms with Crippen molar-refractivity contribution < 1.29 is 8.78 Å². The summed E-state index contributed by atoms with van der Waals surface area (Å²) in [6, 6.07) is 2.79. The molecule has 3 N–H and O–H groups in total. The maximum atomic E-state index is 13.5. The third-order valence-corrected chi connectivity index (χ3v) is 2.29. The smallest absolute Gasteiger partial charge is 0.130 e. The van der Waals surface area contributed by atoms with Crippen molar-refractivity contribution >= 4 is 0 Å². The Morgan fingerprint density at radius 3 is 2.44 bits per heavy atom. The Bertz CT molecular complexity index is 378. The fourth-order valence-corrected chi connectivity index (χ4v) is 1.46. The zero-order chi connectivity index (χ0) is 12.1. The molecule has 0 saturated heterocycles. The molecule has 1 rings (SSSR count). The molecule has 1 aromatic carbocycles. The first-order valence-corrected chi connectivity index (χ1v) is 4.96. The lowest BCUT2D eigenvalue weighted by Crippen LogP contribution is -2.35. The summed E-state index contributed by atoms with van der Waals surface area (Å²) in [4.78, 5) is 0. The molecular weight excluding hydrogens is 210 g/mol. The number of terminal acetylenes is 1. The first kappa shape index (κ1) is 12.6. The van der Waals surface area contributed by atoms with Crippen LogP contribution in [0, 0.1) is 24.0 Å². The van der Waals surface area contributed by atoms with Gasteiger partial charge in [0.15, 0.2) is 0 Å². The van der Waals surface area contributed by atoms with Gasteiger partial charge < -0.3 is 5.73 Å². The van der Waals surface area contributed by atoms with Crippen LogP contribution in [0.4, 0.5) is 8.78 Å². The number of rotatable bonds is 4. The molecule has 4 heteroatoms. The molecule has 2 atom stereocenters. The molecule has 0 heterocycles. The Kier molecular flexibility index (Phi) is 4.41. The molecule has 2 unspecified atom stereocenters. The zero-order valence-corrected chi connectivity index (χ0v) is 9.00. The minimum atomic E-state index is -0.618. The van der Waals surface area contributed by atoms with Gasteiger partial charge in [-0.15, -0.1) is 6.42 Å². The fraction of sp³-hybridized carbons (Fsp3) is 0.333. The van der Waals surface area contributed by atoms with Crippen molar-refractivity contribution in [3.05, 3.63) is 35.4 Å². The second kappa shape index (κ2) is 5.59. The van der Waals surface area contributed by atoms with Crippen LogP contribution < -0.4 is 11.1 Å². The van der Waals surface area contributed by atoms with Crippen LogP contribution in [0.3, 0.4) is 0 Å². The van der Waals surface area contributed by atoms with Crippen molar-refractivity contribution in [2.24, 2.45) is 5.73 Å². The van der Waals surface area contributed by atoms with E-state index >= 15 is 0 Å². The van der Waals surface area contributed by atoms with Crippen LogP contribution in [-0.4, -0.2) is 12.6 Å². The van der Waals surface area contributed by atoms with Gasteiger partial charge in [-0.25, -0.2) is 8.78 Å². The van der Waals surface area contributed by atoms with E-state index in [-0.39, 0.29) is 18.2 Å². The van der Waals surface area contributed by atoms with Gasteiger partial charge in [0, 0.05) is 12.1 Å². The van der Waals surface area contributed by atoms with Gasteiger partial charge in [-0.3, -0.25) is 5.32 Å². The van der Waals surface area contributed by atoms with Crippen LogP contribution in [0.15, 0.2) is 18.2 Å². The molecule has 0 fully saturated rings. The second-order valence-electron chi connectivity index (χ2n) is 3.48. The summed E-state index contributed by atoms with van der Waals surface area (Å²) < 4.78 is 26.9. The normalized spacial score (nSPS) is 14.2. The van der Waals surface area contributed by atoms with E-state index in [0.29, 0.717) is 0 Å². The van der Waals surface area contributed by atoms with E-state index in [1.54, 1.807) is 6.92 Å². The van der Waals surface area contributed by atoms with Crippen LogP contribution in [-0.2, 0) is 0 Å². The van der Waals surface area contributed by atoms with E-state index in [1.165, 1.54) is 18.2 Å². The molecule has 0 aliphatic heterocycles. The maximum absolute atomic E-state index is 13.5. The SMILES string of the molecule is C#CC(C)NC(CN)c1c(F)cccc1F. The van der Waals surface area contributed by atoms with E-state index in [9.17, 15) is 8.78 Å². The summed E-state index contributed by atoms with van der Waals surface area (Å²) in [7, 11) is 0. The van der Waals surface area contributed by atoms with Gasteiger partial charge in [0.2, 0.25) is 0 Å². The predicted molar refractivity (Wildman–Crippen MR) is 59.6 cm³/mol. The summed E-state index contributed by atoms with van der Waals surface area (Å²) in [5.41, 5.74) is 5.42. The van der Waals surface area contributed by atoms with Crippen molar-refractivity contribution in [2.45, 2.75) is 19.0 Å². The standard InChI is InChI=1S/C12H14F2N2/c1-3-8(2)16-11(7-15)12-9(13)5-4-6-10(12)14/h1,4-6,8,11,16H,7,15H2,2H3. The number of hydrogen-bond donors (Lipinski definition) is 2. The predicted octanol–water partition coefficient (Wildman–Crippen LogP) is 1.58. The summed E-state index contributed by atoms with van der Waals surface area (Å²) in [5, 5.41) is 2.87. The number of nitrogens with one attached hydrogen (secondary N) is 1. The molecule has 16 heavy (non-hydrogen) atoms. The lowest BCUT2D eigenvalue weighted by atomic mass is 10.0. The number of nitrogens with two attached hydrogens (primary N) is 1. The van der Waals surface area contributed by atoms with Gasteiger partial charge in [0.05, 0.1) is 12.1 Å². The van der Waals surface area contributed by atoms with E-state index in [0.717, 1.165) is 0 Å². The van der Waals surface area contributed by atoms with Gasteiger partial charge in [-0.2, -0.15) is 0 Å². The number of hydrogen-bond acceptors (Lipinski definition) is 2. The van der Waals surface area contributed by atoms with Crippen LogP contribution in [0.1, 0.15) is 18.5 Å². The average molecular weight is 224 g/mol. The lowest BCUT2D eigenvalue weighted by Gasteiger charge is -2.20. The molecule has 2 nitrogen and oxygen atoms in total. The maximum Gasteiger partial charge on any atom is 0.130 e. The third-order valence-electron chi connectivity index (χ3n) is 2.29. The topological polar surface area (TPSA) is 38.0 Å².